The fourth-order valence-corrected chi connectivity index (χ4v) is 2.64. The second kappa shape index (κ2) is 8.71. The SMILES string of the molecule is COc1ccc(C(O)CNC(=O)C(C)Cc2cccc(Cl)c2)cc1. The van der Waals surface area contributed by atoms with Crippen LogP contribution in [-0.4, -0.2) is 24.7 Å². The standard InChI is InChI=1S/C19H22ClNO3/c1-13(10-14-4-3-5-16(20)11-14)19(23)21-12-18(22)15-6-8-17(24-2)9-7-15/h3-9,11,13,18,22H,10,12H2,1-2H3,(H,21,23). The number of aliphatic hydroxyl groups excluding tert-OH is 1. The molecule has 0 heterocycles. The number of rotatable bonds is 7. The normalized spacial score (nSPS) is 13.2. The fourth-order valence-electron chi connectivity index (χ4n) is 2.43. The lowest BCUT2D eigenvalue weighted by molar-refractivity contribution is -0.124. The first-order valence-electron chi connectivity index (χ1n) is 7.83. The first kappa shape index (κ1) is 18.3. The van der Waals surface area contributed by atoms with Gasteiger partial charge in [0.2, 0.25) is 5.91 Å². The van der Waals surface area contributed by atoms with Crippen LogP contribution in [0.3, 0.4) is 0 Å². The Labute approximate surface area is 147 Å². The molecule has 0 radical (unpaired) electrons. The van der Waals surface area contributed by atoms with E-state index >= 15 is 0 Å². The lowest BCUT2D eigenvalue weighted by Crippen LogP contribution is -2.33. The number of methoxy groups -OCH3 is 1. The number of nitrogens with one attached hydrogen (secondary N) is 1. The molecular weight excluding hydrogens is 326 g/mol. The molecule has 4 nitrogen and oxygen atoms in total. The van der Waals surface area contributed by atoms with Crippen molar-refractivity contribution in [3.63, 3.8) is 0 Å². The van der Waals surface area contributed by atoms with Crippen LogP contribution in [0, 0.1) is 5.92 Å². The Bertz CT molecular complexity index is 673. The topological polar surface area (TPSA) is 58.6 Å². The molecule has 0 bridgehead atoms. The van der Waals surface area contributed by atoms with Crippen LogP contribution in [0.15, 0.2) is 48.5 Å². The van der Waals surface area contributed by atoms with Crippen molar-refractivity contribution < 1.29 is 14.6 Å². The van der Waals surface area contributed by atoms with Crippen molar-refractivity contribution in [1.29, 1.82) is 0 Å². The molecule has 5 heteroatoms. The molecule has 0 aromatic heterocycles. The molecule has 24 heavy (non-hydrogen) atoms. The van der Waals surface area contributed by atoms with E-state index in [0.717, 1.165) is 16.9 Å². The zero-order valence-corrected chi connectivity index (χ0v) is 14.6. The highest BCUT2D eigenvalue weighted by molar-refractivity contribution is 6.30. The number of hydrogen-bond donors (Lipinski definition) is 2. The van der Waals surface area contributed by atoms with Crippen molar-refractivity contribution in [2.45, 2.75) is 19.4 Å². The smallest absolute Gasteiger partial charge is 0.223 e. The highest BCUT2D eigenvalue weighted by Gasteiger charge is 2.16. The predicted octanol–water partition coefficient (Wildman–Crippen LogP) is 3.38. The Hall–Kier alpha value is -2.04. The van der Waals surface area contributed by atoms with Gasteiger partial charge in [-0.05, 0) is 41.8 Å². The maximum Gasteiger partial charge on any atom is 0.223 e. The third-order valence-corrected chi connectivity index (χ3v) is 4.08. The molecule has 0 saturated carbocycles. The van der Waals surface area contributed by atoms with E-state index in [1.165, 1.54) is 0 Å². The third kappa shape index (κ3) is 5.25. The van der Waals surface area contributed by atoms with Gasteiger partial charge in [-0.2, -0.15) is 0 Å². The second-order valence-electron chi connectivity index (χ2n) is 5.77. The summed E-state index contributed by atoms with van der Waals surface area (Å²) in [7, 11) is 1.59. The summed E-state index contributed by atoms with van der Waals surface area (Å²) in [6, 6.07) is 14.6. The van der Waals surface area contributed by atoms with Crippen molar-refractivity contribution in [3.8, 4) is 5.75 Å². The predicted molar refractivity (Wildman–Crippen MR) is 95.3 cm³/mol. The number of ether oxygens (including phenoxy) is 1. The molecule has 2 atom stereocenters. The molecule has 2 rings (SSSR count). The zero-order valence-electron chi connectivity index (χ0n) is 13.8. The van der Waals surface area contributed by atoms with Gasteiger partial charge in [0, 0.05) is 17.5 Å². The van der Waals surface area contributed by atoms with Gasteiger partial charge in [0.25, 0.3) is 0 Å². The van der Waals surface area contributed by atoms with Gasteiger partial charge in [-0.25, -0.2) is 0 Å². The number of amides is 1. The molecule has 0 saturated heterocycles. The molecule has 1 amide bonds. The van der Waals surface area contributed by atoms with E-state index < -0.39 is 6.10 Å². The average molecular weight is 348 g/mol. The fraction of sp³-hybridized carbons (Fsp3) is 0.316. The van der Waals surface area contributed by atoms with E-state index in [4.69, 9.17) is 16.3 Å². The number of hydrogen-bond acceptors (Lipinski definition) is 3. The molecule has 0 fully saturated rings. The highest BCUT2D eigenvalue weighted by atomic mass is 35.5. The van der Waals surface area contributed by atoms with Crippen molar-refractivity contribution in [1.82, 2.24) is 5.32 Å². The maximum absolute atomic E-state index is 12.2. The molecule has 2 aromatic rings. The largest absolute Gasteiger partial charge is 0.497 e. The van der Waals surface area contributed by atoms with Gasteiger partial charge in [-0.3, -0.25) is 4.79 Å². The van der Waals surface area contributed by atoms with Crippen molar-refractivity contribution in [2.75, 3.05) is 13.7 Å². The van der Waals surface area contributed by atoms with Crippen LogP contribution in [0.1, 0.15) is 24.2 Å². The Balaban J connectivity index is 1.84. The molecular formula is C19H22ClNO3. The number of aliphatic hydroxyl groups is 1. The van der Waals surface area contributed by atoms with Crippen LogP contribution in [0.5, 0.6) is 5.75 Å². The summed E-state index contributed by atoms with van der Waals surface area (Å²) in [5, 5.41) is 13.6. The maximum atomic E-state index is 12.2. The van der Waals surface area contributed by atoms with Crippen molar-refractivity contribution >= 4 is 17.5 Å². The highest BCUT2D eigenvalue weighted by Crippen LogP contribution is 2.18. The lowest BCUT2D eigenvalue weighted by Gasteiger charge is -2.16. The average Bonchev–Trinajstić information content (AvgIpc) is 2.59. The summed E-state index contributed by atoms with van der Waals surface area (Å²) >= 11 is 5.96. The summed E-state index contributed by atoms with van der Waals surface area (Å²) in [6.45, 7) is 2.03. The van der Waals surface area contributed by atoms with Gasteiger partial charge in [0.15, 0.2) is 0 Å². The number of carbonyl (C=O) groups is 1. The van der Waals surface area contributed by atoms with E-state index in [1.54, 1.807) is 37.4 Å². The second-order valence-corrected chi connectivity index (χ2v) is 6.21. The van der Waals surface area contributed by atoms with E-state index in [1.807, 2.05) is 25.1 Å². The molecule has 2 N–H and O–H groups in total. The van der Waals surface area contributed by atoms with Gasteiger partial charge >= 0.3 is 0 Å². The number of carbonyl (C=O) groups excluding carboxylic acids is 1. The van der Waals surface area contributed by atoms with Crippen LogP contribution < -0.4 is 10.1 Å². The van der Waals surface area contributed by atoms with Crippen LogP contribution in [0.2, 0.25) is 5.02 Å². The minimum Gasteiger partial charge on any atom is -0.497 e. The Kier molecular flexibility index (Phi) is 6.64. The molecule has 0 aliphatic heterocycles. The molecule has 0 aliphatic rings. The van der Waals surface area contributed by atoms with Crippen LogP contribution in [-0.2, 0) is 11.2 Å². The van der Waals surface area contributed by atoms with Gasteiger partial charge < -0.3 is 15.2 Å². The Morgan fingerprint density at radius 2 is 1.96 bits per heavy atom. The first-order valence-corrected chi connectivity index (χ1v) is 8.21. The van der Waals surface area contributed by atoms with Gasteiger partial charge in [0.05, 0.1) is 13.2 Å². The third-order valence-electron chi connectivity index (χ3n) is 3.85. The summed E-state index contributed by atoms with van der Waals surface area (Å²) in [4.78, 5) is 12.2. The minimum atomic E-state index is -0.752. The van der Waals surface area contributed by atoms with Gasteiger partial charge in [-0.1, -0.05) is 42.8 Å². The first-order chi connectivity index (χ1) is 11.5. The molecule has 2 aromatic carbocycles. The Morgan fingerprint density at radius 1 is 1.25 bits per heavy atom. The van der Waals surface area contributed by atoms with Crippen molar-refractivity contribution in [3.05, 3.63) is 64.7 Å². The van der Waals surface area contributed by atoms with Crippen LogP contribution in [0.25, 0.3) is 0 Å². The monoisotopic (exact) mass is 347 g/mol. The molecule has 128 valence electrons. The molecule has 0 aliphatic carbocycles. The van der Waals surface area contributed by atoms with E-state index in [-0.39, 0.29) is 18.4 Å². The number of halogens is 1. The van der Waals surface area contributed by atoms with Crippen LogP contribution in [0.4, 0.5) is 0 Å². The lowest BCUT2D eigenvalue weighted by atomic mass is 10.00. The summed E-state index contributed by atoms with van der Waals surface area (Å²) in [5.74, 6) is 0.430. The number of benzene rings is 2. The van der Waals surface area contributed by atoms with E-state index in [0.29, 0.717) is 11.4 Å². The van der Waals surface area contributed by atoms with Crippen molar-refractivity contribution in [2.24, 2.45) is 5.92 Å². The zero-order chi connectivity index (χ0) is 17.5. The van der Waals surface area contributed by atoms with Crippen LogP contribution >= 0.6 is 11.6 Å². The minimum absolute atomic E-state index is 0.0949. The summed E-state index contributed by atoms with van der Waals surface area (Å²) in [6.07, 6.45) is -0.149. The summed E-state index contributed by atoms with van der Waals surface area (Å²) in [5.41, 5.74) is 1.75. The quantitative estimate of drug-likeness (QED) is 0.807. The molecule has 0 spiro atoms. The van der Waals surface area contributed by atoms with E-state index in [2.05, 4.69) is 5.32 Å². The Morgan fingerprint density at radius 3 is 2.58 bits per heavy atom. The van der Waals surface area contributed by atoms with Gasteiger partial charge in [0.1, 0.15) is 5.75 Å². The van der Waals surface area contributed by atoms with E-state index in [9.17, 15) is 9.90 Å². The van der Waals surface area contributed by atoms with Gasteiger partial charge in [-0.15, -0.1) is 0 Å². The summed E-state index contributed by atoms with van der Waals surface area (Å²) < 4.78 is 5.08. The molecule has 2 unspecified atom stereocenters.